The molecule has 0 aliphatic heterocycles. The fraction of sp³-hybridized carbons (Fsp3) is 0.909. The van der Waals surface area contributed by atoms with Crippen molar-refractivity contribution in [3.05, 3.63) is 0 Å². The van der Waals surface area contributed by atoms with Crippen LogP contribution in [0, 0.1) is 5.92 Å². The summed E-state index contributed by atoms with van der Waals surface area (Å²) >= 11 is 0. The molecule has 0 aromatic heterocycles. The first kappa shape index (κ1) is 16.1. The lowest BCUT2D eigenvalue weighted by molar-refractivity contribution is -0.136. The summed E-state index contributed by atoms with van der Waals surface area (Å²) in [6, 6.07) is 0. The normalized spacial score (nSPS) is 12.6. The van der Waals surface area contributed by atoms with Gasteiger partial charge < -0.3 is 10.4 Å². The van der Waals surface area contributed by atoms with Gasteiger partial charge in [-0.05, 0) is 12.3 Å². The van der Waals surface area contributed by atoms with Gasteiger partial charge in [0.15, 0.2) is 0 Å². The molecule has 0 aliphatic rings. The topological polar surface area (TPSA) is 49.3 Å². The molecule has 2 N–H and O–H groups in total. The summed E-state index contributed by atoms with van der Waals surface area (Å²) in [5, 5.41) is 11.5. The minimum atomic E-state index is -0.733. The van der Waals surface area contributed by atoms with Crippen LogP contribution < -0.4 is 5.32 Å². The molecule has 0 rings (SSSR count). The molecule has 96 valence electrons. The maximum absolute atomic E-state index is 10.2. The van der Waals surface area contributed by atoms with E-state index in [1.807, 2.05) is 21.6 Å². The van der Waals surface area contributed by atoms with Crippen LogP contribution in [-0.2, 0) is 4.79 Å². The van der Waals surface area contributed by atoms with Crippen molar-refractivity contribution in [1.82, 2.24) is 5.32 Å². The van der Waals surface area contributed by atoms with E-state index in [9.17, 15) is 4.79 Å². The summed E-state index contributed by atoms with van der Waals surface area (Å²) in [4.78, 5) is 10.2. The summed E-state index contributed by atoms with van der Waals surface area (Å²) in [5.41, 5.74) is 0. The van der Waals surface area contributed by atoms with E-state index in [1.165, 1.54) is 18.6 Å². The SMILES string of the molecule is CCC(C)CCSSCCNCCC(=O)O. The van der Waals surface area contributed by atoms with Gasteiger partial charge in [0, 0.05) is 24.6 Å². The second-order valence-corrected chi connectivity index (χ2v) is 6.54. The van der Waals surface area contributed by atoms with Crippen LogP contribution in [0.5, 0.6) is 0 Å². The molecule has 16 heavy (non-hydrogen) atoms. The highest BCUT2D eigenvalue weighted by molar-refractivity contribution is 8.76. The molecule has 0 aliphatic carbocycles. The van der Waals surface area contributed by atoms with Crippen molar-refractivity contribution in [2.75, 3.05) is 24.6 Å². The number of hydrogen-bond donors (Lipinski definition) is 2. The zero-order valence-electron chi connectivity index (χ0n) is 10.2. The molecule has 0 saturated carbocycles. The highest BCUT2D eigenvalue weighted by atomic mass is 33.1. The number of rotatable bonds is 11. The predicted octanol–water partition coefficient (Wildman–Crippen LogP) is 2.87. The molecule has 0 bridgehead atoms. The Hall–Kier alpha value is 0.130. The van der Waals surface area contributed by atoms with Crippen LogP contribution in [0.25, 0.3) is 0 Å². The number of carbonyl (C=O) groups is 1. The van der Waals surface area contributed by atoms with Crippen LogP contribution >= 0.6 is 21.6 Å². The Morgan fingerprint density at radius 2 is 2.00 bits per heavy atom. The van der Waals surface area contributed by atoms with Crippen LogP contribution in [0.4, 0.5) is 0 Å². The Bertz CT molecular complexity index is 179. The van der Waals surface area contributed by atoms with Crippen LogP contribution in [-0.4, -0.2) is 35.7 Å². The van der Waals surface area contributed by atoms with Gasteiger partial charge in [-0.25, -0.2) is 0 Å². The third kappa shape index (κ3) is 12.2. The molecule has 3 nitrogen and oxygen atoms in total. The smallest absolute Gasteiger partial charge is 0.304 e. The largest absolute Gasteiger partial charge is 0.481 e. The van der Waals surface area contributed by atoms with Crippen molar-refractivity contribution >= 4 is 27.6 Å². The molecule has 1 atom stereocenters. The van der Waals surface area contributed by atoms with Gasteiger partial charge in [-0.1, -0.05) is 41.9 Å². The van der Waals surface area contributed by atoms with Crippen molar-refractivity contribution in [1.29, 1.82) is 0 Å². The molecule has 5 heteroatoms. The van der Waals surface area contributed by atoms with Gasteiger partial charge in [0.25, 0.3) is 0 Å². The maximum atomic E-state index is 10.2. The van der Waals surface area contributed by atoms with Crippen LogP contribution in [0.1, 0.15) is 33.1 Å². The van der Waals surface area contributed by atoms with Gasteiger partial charge in [0.05, 0.1) is 6.42 Å². The van der Waals surface area contributed by atoms with E-state index in [0.717, 1.165) is 18.2 Å². The number of nitrogens with one attached hydrogen (secondary N) is 1. The standard InChI is InChI=1S/C11H23NO2S2/c1-3-10(2)5-8-15-16-9-7-12-6-4-11(13)14/h10,12H,3-9H2,1-2H3,(H,13,14). The van der Waals surface area contributed by atoms with Crippen LogP contribution in [0.15, 0.2) is 0 Å². The molecule has 0 aromatic carbocycles. The van der Waals surface area contributed by atoms with Crippen LogP contribution in [0.3, 0.4) is 0 Å². The molecular weight excluding hydrogens is 242 g/mol. The van der Waals surface area contributed by atoms with Crippen molar-refractivity contribution < 1.29 is 9.90 Å². The van der Waals surface area contributed by atoms with Gasteiger partial charge in [0.2, 0.25) is 0 Å². The van der Waals surface area contributed by atoms with Crippen molar-refractivity contribution in [2.45, 2.75) is 33.1 Å². The van der Waals surface area contributed by atoms with Gasteiger partial charge in [0.1, 0.15) is 0 Å². The number of hydrogen-bond acceptors (Lipinski definition) is 4. The van der Waals surface area contributed by atoms with Crippen molar-refractivity contribution in [3.8, 4) is 0 Å². The summed E-state index contributed by atoms with van der Waals surface area (Å²) in [7, 11) is 3.79. The third-order valence-corrected chi connectivity index (χ3v) is 4.79. The second-order valence-electron chi connectivity index (χ2n) is 3.84. The number of carboxylic acids is 1. The maximum Gasteiger partial charge on any atom is 0.304 e. The molecule has 0 saturated heterocycles. The summed E-state index contributed by atoms with van der Waals surface area (Å²) in [6.45, 7) is 6.00. The lowest BCUT2D eigenvalue weighted by Crippen LogP contribution is -2.20. The van der Waals surface area contributed by atoms with Crippen molar-refractivity contribution in [2.24, 2.45) is 5.92 Å². The first-order valence-electron chi connectivity index (χ1n) is 5.83. The van der Waals surface area contributed by atoms with Gasteiger partial charge >= 0.3 is 5.97 Å². The summed E-state index contributed by atoms with van der Waals surface area (Å²) in [6.07, 6.45) is 2.77. The molecular formula is C11H23NO2S2. The zero-order valence-corrected chi connectivity index (χ0v) is 11.8. The first-order valence-corrected chi connectivity index (χ1v) is 8.32. The fourth-order valence-electron chi connectivity index (χ4n) is 1.01. The lowest BCUT2D eigenvalue weighted by Gasteiger charge is -2.07. The summed E-state index contributed by atoms with van der Waals surface area (Å²) in [5.74, 6) is 2.37. The van der Waals surface area contributed by atoms with E-state index in [-0.39, 0.29) is 6.42 Å². The van der Waals surface area contributed by atoms with E-state index in [0.29, 0.717) is 6.54 Å². The van der Waals surface area contributed by atoms with E-state index in [2.05, 4.69) is 19.2 Å². The Morgan fingerprint density at radius 3 is 2.62 bits per heavy atom. The zero-order chi connectivity index (χ0) is 12.2. The summed E-state index contributed by atoms with van der Waals surface area (Å²) < 4.78 is 0. The van der Waals surface area contributed by atoms with E-state index >= 15 is 0 Å². The Balaban J connectivity index is 3.01. The van der Waals surface area contributed by atoms with E-state index in [4.69, 9.17) is 5.11 Å². The van der Waals surface area contributed by atoms with Gasteiger partial charge in [-0.2, -0.15) is 0 Å². The highest BCUT2D eigenvalue weighted by Crippen LogP contribution is 2.23. The molecule has 1 unspecified atom stereocenters. The average Bonchev–Trinajstić information content (AvgIpc) is 2.26. The minimum Gasteiger partial charge on any atom is -0.481 e. The van der Waals surface area contributed by atoms with Crippen molar-refractivity contribution in [3.63, 3.8) is 0 Å². The number of aliphatic carboxylic acids is 1. The lowest BCUT2D eigenvalue weighted by atomic mass is 10.1. The fourth-order valence-corrected chi connectivity index (χ4v) is 3.21. The Kier molecular flexibility index (Phi) is 11.7. The van der Waals surface area contributed by atoms with Gasteiger partial charge in [-0.3, -0.25) is 4.79 Å². The van der Waals surface area contributed by atoms with Gasteiger partial charge in [-0.15, -0.1) is 0 Å². The average molecular weight is 265 g/mol. The highest BCUT2D eigenvalue weighted by Gasteiger charge is 1.99. The third-order valence-electron chi connectivity index (χ3n) is 2.35. The second kappa shape index (κ2) is 11.6. The first-order chi connectivity index (χ1) is 7.66. The Morgan fingerprint density at radius 1 is 1.31 bits per heavy atom. The predicted molar refractivity (Wildman–Crippen MR) is 74.1 cm³/mol. The Labute approximate surface area is 107 Å². The number of carboxylic acid groups (broad SMARTS) is 1. The molecule has 0 heterocycles. The van der Waals surface area contributed by atoms with E-state index < -0.39 is 5.97 Å². The monoisotopic (exact) mass is 265 g/mol. The molecule has 0 fully saturated rings. The van der Waals surface area contributed by atoms with Crippen LogP contribution in [0.2, 0.25) is 0 Å². The van der Waals surface area contributed by atoms with E-state index in [1.54, 1.807) is 0 Å². The molecule has 0 amide bonds. The quantitative estimate of drug-likeness (QED) is 0.444. The molecule has 0 radical (unpaired) electrons. The molecule has 0 aromatic rings. The minimum absolute atomic E-state index is 0.214. The molecule has 0 spiro atoms.